The van der Waals surface area contributed by atoms with Gasteiger partial charge in [-0.2, -0.15) is 0 Å². The number of esters is 1. The summed E-state index contributed by atoms with van der Waals surface area (Å²) >= 11 is 6.08. The van der Waals surface area contributed by atoms with Crippen LogP contribution in [0.2, 0.25) is 5.02 Å². The van der Waals surface area contributed by atoms with E-state index in [1.807, 2.05) is 45.9 Å². The van der Waals surface area contributed by atoms with E-state index in [1.54, 1.807) is 6.07 Å². The van der Waals surface area contributed by atoms with Crippen LogP contribution in [-0.4, -0.2) is 56.2 Å². The van der Waals surface area contributed by atoms with Gasteiger partial charge >= 0.3 is 12.1 Å². The van der Waals surface area contributed by atoms with Crippen molar-refractivity contribution in [3.63, 3.8) is 0 Å². The van der Waals surface area contributed by atoms with Crippen molar-refractivity contribution in [2.45, 2.75) is 64.5 Å². The Bertz CT molecular complexity index is 920. The lowest BCUT2D eigenvalue weighted by Gasteiger charge is -2.27. The summed E-state index contributed by atoms with van der Waals surface area (Å²) in [5, 5.41) is 8.57. The number of ether oxygens (including phenoxy) is 2. The van der Waals surface area contributed by atoms with Crippen LogP contribution in [0.15, 0.2) is 24.3 Å². The third-order valence-corrected chi connectivity index (χ3v) is 6.21. The van der Waals surface area contributed by atoms with Crippen molar-refractivity contribution in [1.82, 2.24) is 16.0 Å². The smallest absolute Gasteiger partial charge is 0.407 e. The molecule has 1 aromatic carbocycles. The number of hydrogen-bond donors (Lipinski definition) is 3. The molecular weight excluding hydrogens is 474 g/mol. The second-order valence-corrected chi connectivity index (χ2v) is 10.3. The first kappa shape index (κ1) is 28.4. The molecule has 3 N–H and O–H groups in total. The van der Waals surface area contributed by atoms with E-state index < -0.39 is 41.4 Å². The van der Waals surface area contributed by atoms with Crippen LogP contribution in [0, 0.1) is 11.8 Å². The van der Waals surface area contributed by atoms with Crippen LogP contribution in [0.1, 0.15) is 52.5 Å². The minimum Gasteiger partial charge on any atom is -0.467 e. The zero-order valence-corrected chi connectivity index (χ0v) is 21.7. The van der Waals surface area contributed by atoms with Gasteiger partial charge in [0.05, 0.1) is 7.11 Å². The van der Waals surface area contributed by atoms with E-state index in [1.165, 1.54) is 7.11 Å². The third-order valence-electron chi connectivity index (χ3n) is 5.97. The highest BCUT2D eigenvalue weighted by molar-refractivity contribution is 6.30. The number of methoxy groups -OCH3 is 1. The standard InChI is InChI=1S/C25H36ClN3O6/c1-15(2)11-19(22(31)28-20(23(32)34-5)12-16-9-10-27-21(16)30)29-24(33)35-14-25(3,4)17-7-6-8-18(26)13-17/h6-8,13,15-16,19-20H,9-12,14H2,1-5H3,(H,27,30)(H,28,31)(H,29,33). The molecule has 2 rings (SSSR count). The van der Waals surface area contributed by atoms with Gasteiger partial charge in [-0.3, -0.25) is 9.59 Å². The molecule has 0 aliphatic carbocycles. The maximum absolute atomic E-state index is 13.1. The van der Waals surface area contributed by atoms with Crippen molar-refractivity contribution in [1.29, 1.82) is 0 Å². The summed E-state index contributed by atoms with van der Waals surface area (Å²) in [5.74, 6) is -1.66. The number of rotatable bonds is 11. The molecule has 0 bridgehead atoms. The van der Waals surface area contributed by atoms with Crippen LogP contribution in [-0.2, 0) is 29.3 Å². The Morgan fingerprint density at radius 1 is 1.20 bits per heavy atom. The van der Waals surface area contributed by atoms with Crippen molar-refractivity contribution in [3.8, 4) is 0 Å². The summed E-state index contributed by atoms with van der Waals surface area (Å²) in [6.45, 7) is 8.26. The third kappa shape index (κ3) is 8.72. The molecule has 194 valence electrons. The molecule has 0 aromatic heterocycles. The Hall–Kier alpha value is -2.81. The number of alkyl carbamates (subject to hydrolysis) is 1. The van der Waals surface area contributed by atoms with Crippen molar-refractivity contribution >= 4 is 35.5 Å². The molecule has 3 amide bonds. The van der Waals surface area contributed by atoms with Crippen LogP contribution in [0.4, 0.5) is 4.79 Å². The van der Waals surface area contributed by atoms with Crippen LogP contribution >= 0.6 is 11.6 Å². The van der Waals surface area contributed by atoms with Gasteiger partial charge in [0, 0.05) is 22.9 Å². The normalized spacial score (nSPS) is 17.3. The molecule has 0 saturated carbocycles. The zero-order valence-electron chi connectivity index (χ0n) is 21.0. The van der Waals surface area contributed by atoms with Crippen molar-refractivity contribution in [3.05, 3.63) is 34.9 Å². The Labute approximate surface area is 211 Å². The summed E-state index contributed by atoms with van der Waals surface area (Å²) in [7, 11) is 1.22. The maximum Gasteiger partial charge on any atom is 0.407 e. The summed E-state index contributed by atoms with van der Waals surface area (Å²) in [4.78, 5) is 49.9. The molecular formula is C25H36ClN3O6. The topological polar surface area (TPSA) is 123 Å². The molecule has 1 aliphatic heterocycles. The van der Waals surface area contributed by atoms with E-state index in [-0.39, 0.29) is 24.9 Å². The van der Waals surface area contributed by atoms with Gasteiger partial charge in [-0.05, 0) is 42.9 Å². The van der Waals surface area contributed by atoms with Gasteiger partial charge in [-0.1, -0.05) is 51.4 Å². The number of carbonyl (C=O) groups is 4. The van der Waals surface area contributed by atoms with Crippen LogP contribution in [0.3, 0.4) is 0 Å². The monoisotopic (exact) mass is 509 g/mol. The average molecular weight is 510 g/mol. The fourth-order valence-electron chi connectivity index (χ4n) is 3.91. The van der Waals surface area contributed by atoms with Gasteiger partial charge in [-0.15, -0.1) is 0 Å². The van der Waals surface area contributed by atoms with E-state index in [0.29, 0.717) is 24.4 Å². The summed E-state index contributed by atoms with van der Waals surface area (Å²) in [5.41, 5.74) is 0.404. The van der Waals surface area contributed by atoms with Gasteiger partial charge in [0.25, 0.3) is 0 Å². The van der Waals surface area contributed by atoms with Crippen LogP contribution in [0.5, 0.6) is 0 Å². The number of benzene rings is 1. The summed E-state index contributed by atoms with van der Waals surface area (Å²) in [6, 6.07) is 5.38. The predicted octanol–water partition coefficient (Wildman–Crippen LogP) is 2.94. The van der Waals surface area contributed by atoms with Crippen molar-refractivity contribution < 1.29 is 28.7 Å². The molecule has 0 spiro atoms. The summed E-state index contributed by atoms with van der Waals surface area (Å²) in [6.07, 6.45) is 0.281. The van der Waals surface area contributed by atoms with E-state index in [0.717, 1.165) is 5.56 Å². The number of amides is 3. The van der Waals surface area contributed by atoms with E-state index in [4.69, 9.17) is 21.1 Å². The number of carbonyl (C=O) groups excluding carboxylic acids is 4. The van der Waals surface area contributed by atoms with Gasteiger partial charge < -0.3 is 25.4 Å². The van der Waals surface area contributed by atoms with E-state index >= 15 is 0 Å². The Kier molecular flexibility index (Phi) is 10.4. The van der Waals surface area contributed by atoms with Crippen LogP contribution < -0.4 is 16.0 Å². The maximum atomic E-state index is 13.1. The molecule has 0 radical (unpaired) electrons. The largest absolute Gasteiger partial charge is 0.467 e. The molecule has 3 unspecified atom stereocenters. The van der Waals surface area contributed by atoms with Crippen molar-refractivity contribution in [2.75, 3.05) is 20.3 Å². The molecule has 1 heterocycles. The highest BCUT2D eigenvalue weighted by Crippen LogP contribution is 2.26. The summed E-state index contributed by atoms with van der Waals surface area (Å²) < 4.78 is 10.3. The number of nitrogens with one attached hydrogen (secondary N) is 3. The first-order valence-electron chi connectivity index (χ1n) is 11.8. The number of halogens is 1. The SMILES string of the molecule is COC(=O)C(CC1CCNC1=O)NC(=O)C(CC(C)C)NC(=O)OCC(C)(C)c1cccc(Cl)c1. The van der Waals surface area contributed by atoms with E-state index in [9.17, 15) is 19.2 Å². The van der Waals surface area contributed by atoms with E-state index in [2.05, 4.69) is 16.0 Å². The minimum atomic E-state index is -1.00. The molecule has 1 fully saturated rings. The second-order valence-electron chi connectivity index (χ2n) is 9.89. The van der Waals surface area contributed by atoms with Gasteiger partial charge in [0.15, 0.2) is 0 Å². The quantitative estimate of drug-likeness (QED) is 0.394. The lowest BCUT2D eigenvalue weighted by molar-refractivity contribution is -0.146. The highest BCUT2D eigenvalue weighted by Gasteiger charge is 2.34. The van der Waals surface area contributed by atoms with Gasteiger partial charge in [0.1, 0.15) is 18.7 Å². The first-order valence-corrected chi connectivity index (χ1v) is 12.2. The molecule has 1 aromatic rings. The molecule has 9 nitrogen and oxygen atoms in total. The van der Waals surface area contributed by atoms with Gasteiger partial charge in [0.2, 0.25) is 11.8 Å². The Morgan fingerprint density at radius 3 is 2.49 bits per heavy atom. The predicted molar refractivity (Wildman–Crippen MR) is 132 cm³/mol. The Morgan fingerprint density at radius 2 is 1.91 bits per heavy atom. The fraction of sp³-hybridized carbons (Fsp3) is 0.600. The highest BCUT2D eigenvalue weighted by atomic mass is 35.5. The molecule has 1 aliphatic rings. The second kappa shape index (κ2) is 12.8. The zero-order chi connectivity index (χ0) is 26.2. The van der Waals surface area contributed by atoms with Crippen molar-refractivity contribution in [2.24, 2.45) is 11.8 Å². The number of hydrogen-bond acceptors (Lipinski definition) is 6. The lowest BCUT2D eigenvalue weighted by atomic mass is 9.86. The molecule has 3 atom stereocenters. The molecule has 1 saturated heterocycles. The fourth-order valence-corrected chi connectivity index (χ4v) is 4.10. The lowest BCUT2D eigenvalue weighted by Crippen LogP contribution is -2.53. The molecule has 35 heavy (non-hydrogen) atoms. The average Bonchev–Trinajstić information content (AvgIpc) is 3.20. The minimum absolute atomic E-state index is 0.0662. The van der Waals surface area contributed by atoms with Crippen LogP contribution in [0.25, 0.3) is 0 Å². The Balaban J connectivity index is 2.03. The van der Waals surface area contributed by atoms with Gasteiger partial charge in [-0.25, -0.2) is 9.59 Å². The molecule has 10 heteroatoms. The first-order chi connectivity index (χ1) is 16.4.